The van der Waals surface area contributed by atoms with Crippen molar-refractivity contribution < 1.29 is 0 Å². The minimum atomic E-state index is 0.520. The topological polar surface area (TPSA) is 53.0 Å². The fraction of sp³-hybridized carbons (Fsp3) is 0.286. The van der Waals surface area contributed by atoms with E-state index in [2.05, 4.69) is 10.3 Å². The highest BCUT2D eigenvalue weighted by Crippen LogP contribution is 2.21. The lowest BCUT2D eigenvalue weighted by atomic mass is 10.2. The number of anilines is 1. The Balaban J connectivity index is 3.09. The first kappa shape index (κ1) is 6.86. The molecule has 0 unspecified atom stereocenters. The van der Waals surface area contributed by atoms with Crippen LogP contribution in [0.3, 0.4) is 0 Å². The van der Waals surface area contributed by atoms with E-state index in [0.29, 0.717) is 5.82 Å². The minimum Gasteiger partial charge on any atom is -0.687 e. The molecule has 10 heavy (non-hydrogen) atoms. The summed E-state index contributed by atoms with van der Waals surface area (Å²) in [6.45, 7) is 1.95. The van der Waals surface area contributed by atoms with Crippen LogP contribution in [0.1, 0.15) is 5.56 Å². The van der Waals surface area contributed by atoms with Crippen molar-refractivity contribution in [3.63, 3.8) is 0 Å². The molecule has 0 saturated carbocycles. The van der Waals surface area contributed by atoms with Crippen LogP contribution in [-0.2, 0) is 0 Å². The molecule has 0 atom stereocenters. The molecule has 0 fully saturated rings. The van der Waals surface area contributed by atoms with Gasteiger partial charge >= 0.3 is 0 Å². The maximum atomic E-state index is 5.43. The van der Waals surface area contributed by atoms with Gasteiger partial charge in [0.1, 0.15) is 5.82 Å². The first-order valence-electron chi connectivity index (χ1n) is 3.06. The van der Waals surface area contributed by atoms with Crippen molar-refractivity contribution in [1.29, 1.82) is 0 Å². The lowest BCUT2D eigenvalue weighted by molar-refractivity contribution is 1.28. The highest BCUT2D eigenvalue weighted by atomic mass is 14.9. The molecule has 0 spiro atoms. The second-order valence-electron chi connectivity index (χ2n) is 2.12. The van der Waals surface area contributed by atoms with Crippen molar-refractivity contribution in [2.75, 3.05) is 12.8 Å². The molecule has 3 nitrogen and oxygen atoms in total. The van der Waals surface area contributed by atoms with Gasteiger partial charge in [0.15, 0.2) is 0 Å². The Hall–Kier alpha value is -1.25. The van der Waals surface area contributed by atoms with Gasteiger partial charge in [0, 0.05) is 6.20 Å². The van der Waals surface area contributed by atoms with Crippen LogP contribution in [0.15, 0.2) is 12.3 Å². The van der Waals surface area contributed by atoms with E-state index in [1.165, 1.54) is 0 Å². The molecule has 0 saturated heterocycles. The van der Waals surface area contributed by atoms with Crippen LogP contribution in [0.5, 0.6) is 0 Å². The SMILES string of the molecule is C[N-]c1cc(N)ncc1C. The third-order valence-corrected chi connectivity index (χ3v) is 1.34. The maximum absolute atomic E-state index is 5.43. The highest BCUT2D eigenvalue weighted by Gasteiger charge is 1.87. The lowest BCUT2D eigenvalue weighted by Gasteiger charge is -2.16. The normalized spacial score (nSPS) is 9.40. The van der Waals surface area contributed by atoms with Gasteiger partial charge in [-0.3, -0.25) is 0 Å². The van der Waals surface area contributed by atoms with E-state index in [9.17, 15) is 0 Å². The van der Waals surface area contributed by atoms with Crippen molar-refractivity contribution in [2.45, 2.75) is 6.92 Å². The summed E-state index contributed by atoms with van der Waals surface area (Å²) in [5.74, 6) is 0.520. The number of hydrogen-bond acceptors (Lipinski definition) is 2. The van der Waals surface area contributed by atoms with E-state index < -0.39 is 0 Å². The number of aromatic nitrogens is 1. The second-order valence-corrected chi connectivity index (χ2v) is 2.12. The smallest absolute Gasteiger partial charge is 0.122 e. The molecule has 0 aliphatic rings. The van der Waals surface area contributed by atoms with Crippen LogP contribution in [0.4, 0.5) is 11.5 Å². The summed E-state index contributed by atoms with van der Waals surface area (Å²) in [4.78, 5) is 3.91. The lowest BCUT2D eigenvalue weighted by Crippen LogP contribution is -1.89. The van der Waals surface area contributed by atoms with E-state index >= 15 is 0 Å². The van der Waals surface area contributed by atoms with Gasteiger partial charge < -0.3 is 11.1 Å². The van der Waals surface area contributed by atoms with Crippen LogP contribution < -0.4 is 5.73 Å². The zero-order valence-electron chi connectivity index (χ0n) is 6.13. The molecule has 0 aliphatic heterocycles. The number of nitrogens with zero attached hydrogens (tertiary/aromatic N) is 2. The van der Waals surface area contributed by atoms with Gasteiger partial charge in [-0.05, 0) is 18.6 Å². The summed E-state index contributed by atoms with van der Waals surface area (Å²) in [6, 6.07) is 1.76. The number of rotatable bonds is 1. The Kier molecular flexibility index (Phi) is 1.76. The predicted molar refractivity (Wildman–Crippen MR) is 42.3 cm³/mol. The van der Waals surface area contributed by atoms with Gasteiger partial charge in [-0.2, -0.15) is 0 Å². The van der Waals surface area contributed by atoms with Crippen molar-refractivity contribution in [1.82, 2.24) is 4.98 Å². The highest BCUT2D eigenvalue weighted by molar-refractivity contribution is 5.58. The first-order valence-corrected chi connectivity index (χ1v) is 3.06. The molecule has 1 aromatic heterocycles. The molecule has 1 aromatic rings. The van der Waals surface area contributed by atoms with Gasteiger partial charge in [-0.1, -0.05) is 0 Å². The van der Waals surface area contributed by atoms with Crippen LogP contribution in [0, 0.1) is 6.92 Å². The number of hydrogen-bond donors (Lipinski definition) is 1. The minimum absolute atomic E-state index is 0.520. The third kappa shape index (κ3) is 1.18. The van der Waals surface area contributed by atoms with E-state index in [-0.39, 0.29) is 0 Å². The molecule has 2 N–H and O–H groups in total. The maximum Gasteiger partial charge on any atom is 0.122 e. The molecule has 0 amide bonds. The summed E-state index contributed by atoms with van der Waals surface area (Å²) in [5.41, 5.74) is 7.39. The first-order chi connectivity index (χ1) is 4.74. The molecular formula is C7H10N3-. The quantitative estimate of drug-likeness (QED) is 0.637. The number of pyridine rings is 1. The molecule has 1 rings (SSSR count). The Morgan fingerprint density at radius 3 is 2.80 bits per heavy atom. The van der Waals surface area contributed by atoms with E-state index in [1.54, 1.807) is 19.3 Å². The Labute approximate surface area is 60.3 Å². The van der Waals surface area contributed by atoms with Crippen LogP contribution in [0.2, 0.25) is 0 Å². The summed E-state index contributed by atoms with van der Waals surface area (Å²) < 4.78 is 0. The van der Waals surface area contributed by atoms with E-state index in [0.717, 1.165) is 11.3 Å². The average molecular weight is 136 g/mol. The zero-order chi connectivity index (χ0) is 7.56. The van der Waals surface area contributed by atoms with Gasteiger partial charge in [-0.25, -0.2) is 4.98 Å². The van der Waals surface area contributed by atoms with Gasteiger partial charge in [-0.15, -0.1) is 12.7 Å². The predicted octanol–water partition coefficient (Wildman–Crippen LogP) is 1.61. The monoisotopic (exact) mass is 136 g/mol. The molecule has 1 heterocycles. The Bertz CT molecular complexity index is 232. The van der Waals surface area contributed by atoms with E-state index in [4.69, 9.17) is 5.73 Å². The molecule has 0 aromatic carbocycles. The van der Waals surface area contributed by atoms with Crippen molar-refractivity contribution >= 4 is 11.5 Å². The standard InChI is InChI=1S/C7H10N3/c1-5-4-10-7(8)3-6(5)9-2/h3-4H,1-2H3,(H2-,8,9,10)/q-1. The molecular weight excluding hydrogens is 126 g/mol. The van der Waals surface area contributed by atoms with Gasteiger partial charge in [0.2, 0.25) is 0 Å². The summed E-state index contributed by atoms with van der Waals surface area (Å²) in [7, 11) is 1.74. The molecule has 54 valence electrons. The van der Waals surface area contributed by atoms with Crippen molar-refractivity contribution in [3.8, 4) is 0 Å². The van der Waals surface area contributed by atoms with Gasteiger partial charge in [0.25, 0.3) is 0 Å². The number of nitrogen functional groups attached to an aromatic ring is 1. The molecule has 0 radical (unpaired) electrons. The molecule has 0 bridgehead atoms. The van der Waals surface area contributed by atoms with Gasteiger partial charge in [0.05, 0.1) is 0 Å². The van der Waals surface area contributed by atoms with Crippen LogP contribution in [-0.4, -0.2) is 12.0 Å². The fourth-order valence-electron chi connectivity index (χ4n) is 0.770. The summed E-state index contributed by atoms with van der Waals surface area (Å²) in [5, 5.41) is 4.01. The van der Waals surface area contributed by atoms with Crippen molar-refractivity contribution in [3.05, 3.63) is 23.1 Å². The Morgan fingerprint density at radius 1 is 1.60 bits per heavy atom. The fourth-order valence-corrected chi connectivity index (χ4v) is 0.770. The van der Waals surface area contributed by atoms with E-state index in [1.807, 2.05) is 6.92 Å². The average Bonchev–Trinajstić information content (AvgIpc) is 1.94. The number of aryl methyl sites for hydroxylation is 1. The largest absolute Gasteiger partial charge is 0.687 e. The number of nitrogens with two attached hydrogens (primary N) is 1. The molecule has 0 aliphatic carbocycles. The van der Waals surface area contributed by atoms with Crippen molar-refractivity contribution in [2.24, 2.45) is 0 Å². The summed E-state index contributed by atoms with van der Waals surface area (Å²) in [6.07, 6.45) is 1.72. The van der Waals surface area contributed by atoms with Crippen LogP contribution >= 0.6 is 0 Å². The third-order valence-electron chi connectivity index (χ3n) is 1.34. The molecule has 3 heteroatoms. The van der Waals surface area contributed by atoms with Crippen LogP contribution in [0.25, 0.3) is 5.32 Å². The zero-order valence-corrected chi connectivity index (χ0v) is 6.13. The Morgan fingerprint density at radius 2 is 2.30 bits per heavy atom. The second kappa shape index (κ2) is 2.56. The summed E-state index contributed by atoms with van der Waals surface area (Å²) >= 11 is 0.